The molecule has 88 valence electrons. The van der Waals surface area contributed by atoms with E-state index in [0.29, 0.717) is 0 Å². The summed E-state index contributed by atoms with van der Waals surface area (Å²) in [6, 6.07) is 7.96. The molecule has 1 aliphatic rings. The smallest absolute Gasteiger partial charge is 0.0951 e. The summed E-state index contributed by atoms with van der Waals surface area (Å²) in [6.45, 7) is 1.04. The summed E-state index contributed by atoms with van der Waals surface area (Å²) >= 11 is 0. The molecule has 3 nitrogen and oxygen atoms in total. The van der Waals surface area contributed by atoms with E-state index in [1.54, 1.807) is 0 Å². The van der Waals surface area contributed by atoms with Crippen LogP contribution < -0.4 is 11.1 Å². The molecular weight excluding hydrogens is 210 g/mol. The summed E-state index contributed by atoms with van der Waals surface area (Å²) < 4.78 is 0. The van der Waals surface area contributed by atoms with Crippen molar-refractivity contribution >= 4 is 22.3 Å². The number of anilines is 2. The lowest BCUT2D eigenvalue weighted by Crippen LogP contribution is -2.03. The predicted octanol–water partition coefficient (Wildman–Crippen LogP) is 3.03. The molecular formula is C14H17N3. The van der Waals surface area contributed by atoms with Crippen LogP contribution in [-0.2, 0) is 0 Å². The van der Waals surface area contributed by atoms with Gasteiger partial charge < -0.3 is 11.1 Å². The SMILES string of the molecule is Nc1cccc2c(NCCC3CC3)ccnc12. The van der Waals surface area contributed by atoms with Crippen molar-refractivity contribution in [2.75, 3.05) is 17.6 Å². The lowest BCUT2D eigenvalue weighted by atomic mass is 10.1. The van der Waals surface area contributed by atoms with Crippen molar-refractivity contribution in [1.82, 2.24) is 4.98 Å². The third kappa shape index (κ3) is 2.18. The third-order valence-corrected chi connectivity index (χ3v) is 3.37. The molecule has 1 fully saturated rings. The van der Waals surface area contributed by atoms with Gasteiger partial charge in [-0.25, -0.2) is 0 Å². The van der Waals surface area contributed by atoms with Gasteiger partial charge in [0.15, 0.2) is 0 Å². The number of benzene rings is 1. The highest BCUT2D eigenvalue weighted by Crippen LogP contribution is 2.32. The van der Waals surface area contributed by atoms with Crippen molar-refractivity contribution in [2.45, 2.75) is 19.3 Å². The van der Waals surface area contributed by atoms with Crippen LogP contribution in [0, 0.1) is 5.92 Å². The van der Waals surface area contributed by atoms with Crippen LogP contribution in [0.4, 0.5) is 11.4 Å². The van der Waals surface area contributed by atoms with Crippen molar-refractivity contribution in [3.8, 4) is 0 Å². The first-order valence-corrected chi connectivity index (χ1v) is 6.21. The second-order valence-corrected chi connectivity index (χ2v) is 4.76. The molecule has 2 aromatic rings. The fourth-order valence-electron chi connectivity index (χ4n) is 2.17. The zero-order valence-corrected chi connectivity index (χ0v) is 9.82. The molecule has 0 saturated heterocycles. The maximum atomic E-state index is 5.92. The Labute approximate surface area is 101 Å². The largest absolute Gasteiger partial charge is 0.397 e. The number of nitrogens with zero attached hydrogens (tertiary/aromatic N) is 1. The maximum Gasteiger partial charge on any atom is 0.0951 e. The van der Waals surface area contributed by atoms with Crippen molar-refractivity contribution in [2.24, 2.45) is 5.92 Å². The van der Waals surface area contributed by atoms with Crippen molar-refractivity contribution < 1.29 is 0 Å². The van der Waals surface area contributed by atoms with Gasteiger partial charge in [0.2, 0.25) is 0 Å². The summed E-state index contributed by atoms with van der Waals surface area (Å²) in [4.78, 5) is 4.33. The molecule has 3 rings (SSSR count). The number of hydrogen-bond acceptors (Lipinski definition) is 3. The minimum absolute atomic E-state index is 0.744. The quantitative estimate of drug-likeness (QED) is 0.789. The first-order chi connectivity index (χ1) is 8.34. The number of aromatic nitrogens is 1. The molecule has 0 bridgehead atoms. The summed E-state index contributed by atoms with van der Waals surface area (Å²) in [5.74, 6) is 0.959. The Balaban J connectivity index is 1.84. The van der Waals surface area contributed by atoms with E-state index in [-0.39, 0.29) is 0 Å². The third-order valence-electron chi connectivity index (χ3n) is 3.37. The fraction of sp³-hybridized carbons (Fsp3) is 0.357. The Bertz CT molecular complexity index is 532. The minimum atomic E-state index is 0.744. The van der Waals surface area contributed by atoms with Crippen LogP contribution in [0.3, 0.4) is 0 Å². The second kappa shape index (κ2) is 4.24. The first kappa shape index (κ1) is 10.4. The lowest BCUT2D eigenvalue weighted by molar-refractivity contribution is 0.761. The molecule has 1 aromatic carbocycles. The molecule has 0 amide bonds. The number of hydrogen-bond donors (Lipinski definition) is 2. The summed E-state index contributed by atoms with van der Waals surface area (Å²) in [5.41, 5.74) is 8.70. The van der Waals surface area contributed by atoms with Crippen LogP contribution in [0.25, 0.3) is 10.9 Å². The van der Waals surface area contributed by atoms with Crippen LogP contribution >= 0.6 is 0 Å². The molecule has 1 aliphatic carbocycles. The average Bonchev–Trinajstić information content (AvgIpc) is 3.14. The highest BCUT2D eigenvalue weighted by molar-refractivity contribution is 5.97. The molecule has 3 heteroatoms. The average molecular weight is 227 g/mol. The van der Waals surface area contributed by atoms with Crippen LogP contribution in [0.2, 0.25) is 0 Å². The molecule has 3 N–H and O–H groups in total. The van der Waals surface area contributed by atoms with Gasteiger partial charge in [-0.1, -0.05) is 25.0 Å². The minimum Gasteiger partial charge on any atom is -0.397 e. The predicted molar refractivity (Wildman–Crippen MR) is 72.0 cm³/mol. The Morgan fingerprint density at radius 1 is 1.29 bits per heavy atom. The van der Waals surface area contributed by atoms with Crippen LogP contribution in [0.5, 0.6) is 0 Å². The zero-order valence-electron chi connectivity index (χ0n) is 9.82. The Kier molecular flexibility index (Phi) is 2.59. The zero-order chi connectivity index (χ0) is 11.7. The normalized spacial score (nSPS) is 15.1. The summed E-state index contributed by atoms with van der Waals surface area (Å²) in [7, 11) is 0. The van der Waals surface area contributed by atoms with E-state index >= 15 is 0 Å². The van der Waals surface area contributed by atoms with E-state index in [1.807, 2.05) is 24.4 Å². The Morgan fingerprint density at radius 3 is 3.00 bits per heavy atom. The van der Waals surface area contributed by atoms with Gasteiger partial charge in [-0.05, 0) is 24.5 Å². The van der Waals surface area contributed by atoms with E-state index in [1.165, 1.54) is 19.3 Å². The molecule has 1 saturated carbocycles. The number of rotatable bonds is 4. The number of nitrogens with two attached hydrogens (primary N) is 1. The number of fused-ring (bicyclic) bond motifs is 1. The molecule has 0 radical (unpaired) electrons. The van der Waals surface area contributed by atoms with E-state index < -0.39 is 0 Å². The lowest BCUT2D eigenvalue weighted by Gasteiger charge is -2.09. The van der Waals surface area contributed by atoms with Crippen molar-refractivity contribution in [3.05, 3.63) is 30.5 Å². The fourth-order valence-corrected chi connectivity index (χ4v) is 2.17. The van der Waals surface area contributed by atoms with Crippen molar-refractivity contribution in [3.63, 3.8) is 0 Å². The summed E-state index contributed by atoms with van der Waals surface area (Å²) in [5, 5.41) is 4.60. The molecule has 0 aliphatic heterocycles. The van der Waals surface area contributed by atoms with Gasteiger partial charge >= 0.3 is 0 Å². The van der Waals surface area contributed by atoms with E-state index in [4.69, 9.17) is 5.73 Å². The van der Waals surface area contributed by atoms with Gasteiger partial charge in [0.25, 0.3) is 0 Å². The highest BCUT2D eigenvalue weighted by Gasteiger charge is 2.20. The van der Waals surface area contributed by atoms with Crippen LogP contribution in [0.15, 0.2) is 30.5 Å². The van der Waals surface area contributed by atoms with Gasteiger partial charge in [0.05, 0.1) is 11.2 Å². The van der Waals surface area contributed by atoms with Gasteiger partial charge in [0.1, 0.15) is 0 Å². The molecule has 0 unspecified atom stereocenters. The monoisotopic (exact) mass is 227 g/mol. The van der Waals surface area contributed by atoms with Gasteiger partial charge in [0, 0.05) is 23.8 Å². The second-order valence-electron chi connectivity index (χ2n) is 4.76. The number of nitrogens with one attached hydrogen (secondary N) is 1. The van der Waals surface area contributed by atoms with Gasteiger partial charge in [-0.3, -0.25) is 4.98 Å². The number of pyridine rings is 1. The Morgan fingerprint density at radius 2 is 2.18 bits per heavy atom. The maximum absolute atomic E-state index is 5.92. The Hall–Kier alpha value is -1.77. The highest BCUT2D eigenvalue weighted by atomic mass is 14.9. The molecule has 1 aromatic heterocycles. The number of para-hydroxylation sites is 1. The van der Waals surface area contributed by atoms with Crippen LogP contribution in [-0.4, -0.2) is 11.5 Å². The topological polar surface area (TPSA) is 50.9 Å². The number of nitrogen functional groups attached to an aromatic ring is 1. The molecule has 1 heterocycles. The van der Waals surface area contributed by atoms with Gasteiger partial charge in [-0.2, -0.15) is 0 Å². The van der Waals surface area contributed by atoms with E-state index in [0.717, 1.165) is 34.7 Å². The van der Waals surface area contributed by atoms with E-state index in [2.05, 4.69) is 16.4 Å². The van der Waals surface area contributed by atoms with Crippen molar-refractivity contribution in [1.29, 1.82) is 0 Å². The van der Waals surface area contributed by atoms with Gasteiger partial charge in [-0.15, -0.1) is 0 Å². The molecule has 0 spiro atoms. The first-order valence-electron chi connectivity index (χ1n) is 6.21. The van der Waals surface area contributed by atoms with Crippen LogP contribution in [0.1, 0.15) is 19.3 Å². The summed E-state index contributed by atoms with van der Waals surface area (Å²) in [6.07, 6.45) is 5.90. The standard InChI is InChI=1S/C14H17N3/c15-12-3-1-2-11-13(7-9-17-14(11)12)16-8-6-10-4-5-10/h1-3,7,9-10H,4-6,8,15H2,(H,16,17). The molecule has 0 atom stereocenters. The molecule has 17 heavy (non-hydrogen) atoms. The van der Waals surface area contributed by atoms with E-state index in [9.17, 15) is 0 Å².